The number of unbranched alkanes of at least 4 members (excludes halogenated alkanes) is 2. The van der Waals surface area contributed by atoms with E-state index in [1.807, 2.05) is 0 Å². The number of methoxy groups -OCH3 is 2. The smallest absolute Gasteiger partial charge is 0.409 e. The van der Waals surface area contributed by atoms with Crippen LogP contribution in [0.2, 0.25) is 0 Å². The van der Waals surface area contributed by atoms with E-state index in [0.29, 0.717) is 50.1 Å². The molecule has 0 saturated carbocycles. The number of urea groups is 1. The topological polar surface area (TPSA) is 369 Å². The van der Waals surface area contributed by atoms with Crippen LogP contribution in [0.5, 0.6) is 17.2 Å². The third kappa shape index (κ3) is 18.2. The number of ether oxygens (including phenoxy) is 8. The summed E-state index contributed by atoms with van der Waals surface area (Å²) in [6, 6.07) is 8.90. The molecule has 3 aromatic rings. The Morgan fingerprint density at radius 2 is 1.56 bits per heavy atom. The number of benzene rings is 3. The number of morpholine rings is 1. The number of ketones is 3. The van der Waals surface area contributed by atoms with E-state index in [4.69, 9.17) is 43.6 Å². The molecule has 2 saturated heterocycles. The second-order valence-electron chi connectivity index (χ2n) is 24.5. The number of Topliss-reactive ketones (excluding diaryl/α,β-unsaturated/α-hetero) is 1. The number of likely N-dealkylation sites (N-methyl/N-ethyl adjacent to an activating group) is 2. The molecule has 8 N–H and O–H groups in total. The maximum atomic E-state index is 16.1. The molecule has 28 nitrogen and oxygen atoms in total. The zero-order valence-electron chi connectivity index (χ0n) is 54.8. The summed E-state index contributed by atoms with van der Waals surface area (Å²) in [5, 5.41) is 35.3. The quantitative estimate of drug-likeness (QED) is 0.0186. The Labute approximate surface area is 554 Å². The molecule has 520 valence electrons. The number of halogens is 1. The van der Waals surface area contributed by atoms with E-state index in [-0.39, 0.29) is 111 Å². The fourth-order valence-corrected chi connectivity index (χ4v) is 12.0. The molecule has 2 fully saturated rings. The summed E-state index contributed by atoms with van der Waals surface area (Å²) < 4.78 is 62.8. The molecule has 0 bridgehead atoms. The van der Waals surface area contributed by atoms with E-state index < -0.39 is 143 Å². The minimum absolute atomic E-state index is 0.00815. The number of rotatable bonds is 30. The van der Waals surface area contributed by atoms with Crippen LogP contribution in [0.15, 0.2) is 66.5 Å². The van der Waals surface area contributed by atoms with E-state index in [1.54, 1.807) is 45.0 Å². The van der Waals surface area contributed by atoms with Gasteiger partial charge in [-0.1, -0.05) is 44.5 Å². The number of aromatic hydroxyl groups is 2. The van der Waals surface area contributed by atoms with Crippen LogP contribution in [0.4, 0.5) is 24.5 Å². The lowest BCUT2D eigenvalue weighted by atomic mass is 9.73. The van der Waals surface area contributed by atoms with Gasteiger partial charge in [-0.05, 0) is 87.6 Å². The molecule has 2 aliphatic carbocycles. The van der Waals surface area contributed by atoms with Gasteiger partial charge in [0.15, 0.2) is 37.0 Å². The molecule has 9 unspecified atom stereocenters. The average molecular weight is 1340 g/mol. The first-order valence-corrected chi connectivity index (χ1v) is 32.0. The zero-order chi connectivity index (χ0) is 69.5. The number of carbonyl (C=O) groups excluding carboxylic acids is 10. The van der Waals surface area contributed by atoms with Crippen molar-refractivity contribution in [1.29, 1.82) is 0 Å². The summed E-state index contributed by atoms with van der Waals surface area (Å²) in [7, 11) is 5.69. The Morgan fingerprint density at radius 3 is 2.23 bits per heavy atom. The predicted molar refractivity (Wildman–Crippen MR) is 340 cm³/mol. The SMILES string of the molecule is COc1cccc2c1C(=O)c1c(O)c3c(c(O)c1C2=O)CC(C(=O)COC(=O)N(C)CCN(C)C(=O)OCc1ccc(NC(=O)C(C=C(F)C(NC(=O)CCCCCN2C(=O)C=CC2=O)C(C)C)CCCNC(N)=O)cc1)CC3OC1CCC(OC2NCCOC2OC)C(C)O1. The highest BCUT2D eigenvalue weighted by molar-refractivity contribution is 6.31. The zero-order valence-corrected chi connectivity index (χ0v) is 54.8. The fraction of sp³-hybridized carbons (Fsp3) is 0.522. The first-order chi connectivity index (χ1) is 45.9. The van der Waals surface area contributed by atoms with Gasteiger partial charge in [0.05, 0.1) is 60.7 Å². The molecule has 8 amide bonds. The Hall–Kier alpha value is -8.87. The van der Waals surface area contributed by atoms with Crippen LogP contribution in [0.25, 0.3) is 0 Å². The number of fused-ring (bicyclic) bond motifs is 3. The largest absolute Gasteiger partial charge is 0.507 e. The van der Waals surface area contributed by atoms with Gasteiger partial charge in [0.2, 0.25) is 17.6 Å². The number of anilines is 1. The van der Waals surface area contributed by atoms with Crippen molar-refractivity contribution in [2.75, 3.05) is 79.6 Å². The Kier molecular flexibility index (Phi) is 25.6. The Balaban J connectivity index is 0.829. The van der Waals surface area contributed by atoms with Crippen LogP contribution in [-0.4, -0.2) is 195 Å². The number of imide groups is 1. The lowest BCUT2D eigenvalue weighted by Crippen LogP contribution is -2.54. The average Bonchev–Trinajstić information content (AvgIpc) is 0.747. The molecule has 0 spiro atoms. The van der Waals surface area contributed by atoms with E-state index in [1.165, 1.54) is 63.6 Å². The van der Waals surface area contributed by atoms with Gasteiger partial charge < -0.3 is 79.6 Å². The van der Waals surface area contributed by atoms with Gasteiger partial charge in [0.25, 0.3) is 11.8 Å². The Morgan fingerprint density at radius 1 is 0.865 bits per heavy atom. The molecule has 9 atom stereocenters. The van der Waals surface area contributed by atoms with Crippen molar-refractivity contribution in [2.24, 2.45) is 23.5 Å². The number of amides is 8. The van der Waals surface area contributed by atoms with Crippen molar-refractivity contribution in [3.8, 4) is 17.2 Å². The summed E-state index contributed by atoms with van der Waals surface area (Å²) in [5.74, 6) is -8.24. The molecule has 96 heavy (non-hydrogen) atoms. The van der Waals surface area contributed by atoms with Gasteiger partial charge in [-0.3, -0.25) is 43.8 Å². The number of hydrogen-bond acceptors (Lipinski definition) is 21. The maximum Gasteiger partial charge on any atom is 0.409 e. The summed E-state index contributed by atoms with van der Waals surface area (Å²) in [6.45, 7) is 5.52. The van der Waals surface area contributed by atoms with Gasteiger partial charge in [0, 0.05) is 107 Å². The number of phenols is 2. The number of nitrogens with two attached hydrogens (primary N) is 1. The molecular formula is C67H85FN8O20. The molecule has 5 aliphatic rings. The second kappa shape index (κ2) is 33.7. The number of nitrogens with one attached hydrogen (secondary N) is 4. The lowest BCUT2D eigenvalue weighted by molar-refractivity contribution is -0.280. The van der Waals surface area contributed by atoms with Crippen LogP contribution in [0, 0.1) is 17.8 Å². The van der Waals surface area contributed by atoms with Gasteiger partial charge in [-0.15, -0.1) is 0 Å². The van der Waals surface area contributed by atoms with E-state index in [9.17, 15) is 58.2 Å². The summed E-state index contributed by atoms with van der Waals surface area (Å²) >= 11 is 0. The highest BCUT2D eigenvalue weighted by Gasteiger charge is 2.46. The highest BCUT2D eigenvalue weighted by Crippen LogP contribution is 2.52. The lowest BCUT2D eigenvalue weighted by Gasteiger charge is -2.41. The predicted octanol–water partition coefficient (Wildman–Crippen LogP) is 5.72. The van der Waals surface area contributed by atoms with Gasteiger partial charge in [0.1, 0.15) is 29.7 Å². The maximum absolute atomic E-state index is 16.1. The molecule has 29 heteroatoms. The van der Waals surface area contributed by atoms with Crippen molar-refractivity contribution in [1.82, 2.24) is 30.7 Å². The minimum atomic E-state index is -1.20. The summed E-state index contributed by atoms with van der Waals surface area (Å²) in [6.07, 6.45) is -0.212. The Bertz CT molecular complexity index is 3440. The van der Waals surface area contributed by atoms with Crippen molar-refractivity contribution in [3.63, 3.8) is 0 Å². The van der Waals surface area contributed by atoms with Crippen LogP contribution in [0.1, 0.15) is 133 Å². The van der Waals surface area contributed by atoms with Crippen molar-refractivity contribution < 1.29 is 100 Å². The van der Waals surface area contributed by atoms with Crippen LogP contribution >= 0.6 is 0 Å². The third-order valence-corrected chi connectivity index (χ3v) is 17.4. The van der Waals surface area contributed by atoms with E-state index in [2.05, 4.69) is 21.3 Å². The standard InChI is InChI=1S/C67H85FN8O20/c1-36(2)57(73-49(78)16-9-8-10-27-76-50(79)22-23-51(76)80)44(68)32-39(13-12-25-71-65(69)86)62(85)72-41-19-17-38(18-20-41)34-92-66(87)74(4)28-29-75(5)67(88)93-35-45(77)40-31-43-54(61(84)56-55(59(43)82)58(81)42-14-11-15-47(89-6)53(42)60(56)83)48(33-40)95-52-24-21-46(37(3)94-52)96-63-64(90-7)91-30-26-70-63/h11,14-15,17-20,22-23,32,36-37,39-40,46,48,52,57,63-64,70,82,84H,8-10,12-13,16,21,24-31,33-35H2,1-7H3,(H,72,85)(H,73,78)(H3,69,71,86). The second-order valence-corrected chi connectivity index (χ2v) is 24.5. The van der Waals surface area contributed by atoms with Crippen molar-refractivity contribution in [2.45, 2.75) is 135 Å². The van der Waals surface area contributed by atoms with Crippen LogP contribution in [0.3, 0.4) is 0 Å². The molecule has 0 radical (unpaired) electrons. The summed E-state index contributed by atoms with van der Waals surface area (Å²) in [4.78, 5) is 134. The molecule has 8 rings (SSSR count). The normalized spacial score (nSPS) is 21.3. The number of nitrogens with zero attached hydrogens (tertiary/aromatic N) is 3. The number of hydrogen-bond donors (Lipinski definition) is 7. The van der Waals surface area contributed by atoms with E-state index in [0.717, 1.165) is 15.9 Å². The van der Waals surface area contributed by atoms with Crippen LogP contribution in [-0.2, 0) is 70.2 Å². The molecule has 3 aromatic carbocycles. The van der Waals surface area contributed by atoms with E-state index >= 15 is 4.39 Å². The van der Waals surface area contributed by atoms with Crippen molar-refractivity contribution >= 4 is 64.9 Å². The van der Waals surface area contributed by atoms with Gasteiger partial charge in [-0.2, -0.15) is 0 Å². The number of phenolic OH excluding ortho intramolecular Hbond substituents is 2. The first-order valence-electron chi connectivity index (χ1n) is 32.0. The van der Waals surface area contributed by atoms with Gasteiger partial charge >= 0.3 is 18.2 Å². The highest BCUT2D eigenvalue weighted by atomic mass is 19.1. The molecule has 0 aromatic heterocycles. The number of primary amides is 1. The fourth-order valence-electron chi connectivity index (χ4n) is 12.0. The summed E-state index contributed by atoms with van der Waals surface area (Å²) in [5.41, 5.74) is 5.02. The monoisotopic (exact) mass is 1340 g/mol. The van der Waals surface area contributed by atoms with Gasteiger partial charge in [-0.25, -0.2) is 18.8 Å². The number of carbonyl (C=O) groups is 10. The molecule has 3 aliphatic heterocycles. The molecular weight excluding hydrogens is 1260 g/mol. The first kappa shape index (κ1) is 72.9. The molecule has 3 heterocycles. The van der Waals surface area contributed by atoms with Crippen molar-refractivity contribution in [3.05, 3.63) is 105 Å². The third-order valence-electron chi connectivity index (χ3n) is 17.4. The van der Waals surface area contributed by atoms with Crippen LogP contribution < -0.4 is 31.7 Å². The minimum Gasteiger partial charge on any atom is -0.507 e.